The molecule has 0 aliphatic carbocycles. The lowest BCUT2D eigenvalue weighted by Gasteiger charge is -2.35. The second kappa shape index (κ2) is 5.57. The third-order valence-corrected chi connectivity index (χ3v) is 3.15. The third kappa shape index (κ3) is 3.49. The summed E-state index contributed by atoms with van der Waals surface area (Å²) in [6.45, 7) is 6.94. The van der Waals surface area contributed by atoms with Gasteiger partial charge in [0.25, 0.3) is 0 Å². The van der Waals surface area contributed by atoms with Crippen LogP contribution >= 0.6 is 0 Å². The molecule has 1 unspecified atom stereocenters. The lowest BCUT2D eigenvalue weighted by atomic mass is 10.2. The molecule has 0 spiro atoms. The Morgan fingerprint density at radius 2 is 2.00 bits per heavy atom. The number of likely N-dealkylation sites (N-methyl/N-ethyl adjacent to an activating group) is 1. The van der Waals surface area contributed by atoms with E-state index >= 15 is 0 Å². The smallest absolute Gasteiger partial charge is 0.240 e. The van der Waals surface area contributed by atoms with Crippen molar-refractivity contribution >= 4 is 11.8 Å². The van der Waals surface area contributed by atoms with Crippen molar-refractivity contribution in [3.63, 3.8) is 0 Å². The summed E-state index contributed by atoms with van der Waals surface area (Å²) in [5.74, 6) is -0.436. The lowest BCUT2D eigenvalue weighted by molar-refractivity contribution is -0.137. The molecule has 1 atom stereocenters. The van der Waals surface area contributed by atoms with Gasteiger partial charge in [-0.25, -0.2) is 0 Å². The summed E-state index contributed by atoms with van der Waals surface area (Å²) in [6.07, 6.45) is 0.0994. The van der Waals surface area contributed by atoms with Crippen LogP contribution in [0.25, 0.3) is 0 Å². The molecule has 2 amide bonds. The van der Waals surface area contributed by atoms with Gasteiger partial charge in [-0.05, 0) is 6.54 Å². The molecule has 6 nitrogen and oxygen atoms in total. The number of hydrogen-bond acceptors (Lipinski definition) is 5. The fourth-order valence-corrected chi connectivity index (χ4v) is 2.29. The Balaban J connectivity index is 1.83. The number of rotatable bonds is 3. The number of piperazine rings is 1. The van der Waals surface area contributed by atoms with E-state index in [0.717, 1.165) is 26.2 Å². The third-order valence-electron chi connectivity index (χ3n) is 3.15. The van der Waals surface area contributed by atoms with E-state index in [4.69, 9.17) is 4.74 Å². The van der Waals surface area contributed by atoms with Gasteiger partial charge in [-0.3, -0.25) is 24.7 Å². The van der Waals surface area contributed by atoms with E-state index in [9.17, 15) is 9.59 Å². The Morgan fingerprint density at radius 1 is 1.29 bits per heavy atom. The zero-order chi connectivity index (χ0) is 12.3. The molecule has 2 fully saturated rings. The molecule has 17 heavy (non-hydrogen) atoms. The van der Waals surface area contributed by atoms with Crippen molar-refractivity contribution in [2.24, 2.45) is 0 Å². The molecule has 0 aromatic heterocycles. The van der Waals surface area contributed by atoms with Crippen LogP contribution < -0.4 is 5.32 Å². The summed E-state index contributed by atoms with van der Waals surface area (Å²) in [7, 11) is 0. The van der Waals surface area contributed by atoms with Gasteiger partial charge >= 0.3 is 0 Å². The van der Waals surface area contributed by atoms with E-state index < -0.39 is 0 Å². The van der Waals surface area contributed by atoms with Gasteiger partial charge in [0, 0.05) is 19.6 Å². The number of ether oxygens (including phenoxy) is 1. The van der Waals surface area contributed by atoms with Crippen LogP contribution in [0.1, 0.15) is 6.92 Å². The predicted octanol–water partition coefficient (Wildman–Crippen LogP) is -1.33. The van der Waals surface area contributed by atoms with Gasteiger partial charge in [0.2, 0.25) is 11.8 Å². The Hall–Kier alpha value is -0.980. The number of carbonyl (C=O) groups excluding carboxylic acids is 2. The Kier molecular flexibility index (Phi) is 4.09. The van der Waals surface area contributed by atoms with Crippen molar-refractivity contribution in [2.75, 3.05) is 45.9 Å². The first-order valence-corrected chi connectivity index (χ1v) is 6.06. The van der Waals surface area contributed by atoms with E-state index in [-0.39, 0.29) is 31.0 Å². The maximum Gasteiger partial charge on any atom is 0.240 e. The maximum absolute atomic E-state index is 11.2. The van der Waals surface area contributed by atoms with E-state index in [1.54, 1.807) is 0 Å². The summed E-state index contributed by atoms with van der Waals surface area (Å²) in [4.78, 5) is 26.6. The van der Waals surface area contributed by atoms with Crippen molar-refractivity contribution in [1.82, 2.24) is 15.1 Å². The highest BCUT2D eigenvalue weighted by molar-refractivity contribution is 5.99. The van der Waals surface area contributed by atoms with Crippen LogP contribution in [0.15, 0.2) is 0 Å². The van der Waals surface area contributed by atoms with Gasteiger partial charge in [0.1, 0.15) is 0 Å². The SMILES string of the molecule is CCN1CCOC(CN2CC(=O)NC(=O)C2)C1. The van der Waals surface area contributed by atoms with Crippen LogP contribution in [-0.4, -0.2) is 73.6 Å². The normalized spacial score (nSPS) is 28.2. The molecule has 2 saturated heterocycles. The maximum atomic E-state index is 11.2. The molecule has 96 valence electrons. The first-order valence-electron chi connectivity index (χ1n) is 6.06. The largest absolute Gasteiger partial charge is 0.374 e. The van der Waals surface area contributed by atoms with Crippen LogP contribution in [0.2, 0.25) is 0 Å². The van der Waals surface area contributed by atoms with Crippen molar-refractivity contribution in [3.05, 3.63) is 0 Å². The second-order valence-corrected chi connectivity index (χ2v) is 4.53. The highest BCUT2D eigenvalue weighted by atomic mass is 16.5. The Labute approximate surface area is 101 Å². The Morgan fingerprint density at radius 3 is 2.65 bits per heavy atom. The zero-order valence-corrected chi connectivity index (χ0v) is 10.1. The molecule has 0 aromatic carbocycles. The topological polar surface area (TPSA) is 61.9 Å². The molecule has 2 heterocycles. The minimum atomic E-state index is -0.218. The van der Waals surface area contributed by atoms with Crippen molar-refractivity contribution in [1.29, 1.82) is 0 Å². The summed E-state index contributed by atoms with van der Waals surface area (Å²) in [6, 6.07) is 0. The van der Waals surface area contributed by atoms with Gasteiger partial charge in [0.15, 0.2) is 0 Å². The quantitative estimate of drug-likeness (QED) is 0.620. The number of imide groups is 1. The minimum Gasteiger partial charge on any atom is -0.374 e. The summed E-state index contributed by atoms with van der Waals surface area (Å²) < 4.78 is 5.66. The lowest BCUT2D eigenvalue weighted by Crippen LogP contribution is -2.55. The van der Waals surface area contributed by atoms with Crippen LogP contribution in [0.4, 0.5) is 0 Å². The van der Waals surface area contributed by atoms with Gasteiger partial charge in [0.05, 0.1) is 25.8 Å². The number of nitrogens with zero attached hydrogens (tertiary/aromatic N) is 2. The fourth-order valence-electron chi connectivity index (χ4n) is 2.29. The Bertz CT molecular complexity index is 292. The molecule has 0 radical (unpaired) electrons. The molecule has 6 heteroatoms. The number of carbonyl (C=O) groups is 2. The second-order valence-electron chi connectivity index (χ2n) is 4.53. The fraction of sp³-hybridized carbons (Fsp3) is 0.818. The van der Waals surface area contributed by atoms with E-state index in [1.165, 1.54) is 0 Å². The van der Waals surface area contributed by atoms with E-state index in [2.05, 4.69) is 17.1 Å². The summed E-state index contributed by atoms with van der Waals surface area (Å²) >= 11 is 0. The van der Waals surface area contributed by atoms with Crippen LogP contribution in [0.5, 0.6) is 0 Å². The molecule has 0 saturated carbocycles. The number of amides is 2. The zero-order valence-electron chi connectivity index (χ0n) is 10.1. The van der Waals surface area contributed by atoms with Gasteiger partial charge in [-0.1, -0.05) is 6.92 Å². The summed E-state index contributed by atoms with van der Waals surface area (Å²) in [5.41, 5.74) is 0. The van der Waals surface area contributed by atoms with Crippen LogP contribution in [0, 0.1) is 0 Å². The minimum absolute atomic E-state index is 0.0994. The predicted molar refractivity (Wildman–Crippen MR) is 61.4 cm³/mol. The molecule has 2 aliphatic rings. The highest BCUT2D eigenvalue weighted by Gasteiger charge is 2.27. The standard InChI is InChI=1S/C11H19N3O3/c1-2-13-3-4-17-9(5-13)6-14-7-10(15)12-11(16)8-14/h9H,2-8H2,1H3,(H,12,15,16). The first-order chi connectivity index (χ1) is 8.17. The number of nitrogens with one attached hydrogen (secondary N) is 1. The molecule has 2 aliphatic heterocycles. The molecule has 0 bridgehead atoms. The monoisotopic (exact) mass is 241 g/mol. The van der Waals surface area contributed by atoms with Crippen LogP contribution in [-0.2, 0) is 14.3 Å². The number of morpholine rings is 1. The van der Waals surface area contributed by atoms with E-state index in [0.29, 0.717) is 6.54 Å². The van der Waals surface area contributed by atoms with Crippen molar-refractivity contribution in [3.8, 4) is 0 Å². The van der Waals surface area contributed by atoms with Crippen molar-refractivity contribution in [2.45, 2.75) is 13.0 Å². The van der Waals surface area contributed by atoms with Crippen molar-refractivity contribution < 1.29 is 14.3 Å². The average molecular weight is 241 g/mol. The molecular formula is C11H19N3O3. The molecule has 2 rings (SSSR count). The van der Waals surface area contributed by atoms with Gasteiger partial charge in [-0.15, -0.1) is 0 Å². The summed E-state index contributed by atoms with van der Waals surface area (Å²) in [5, 5.41) is 2.30. The van der Waals surface area contributed by atoms with Gasteiger partial charge < -0.3 is 4.74 Å². The first kappa shape index (κ1) is 12.5. The number of hydrogen-bond donors (Lipinski definition) is 1. The average Bonchev–Trinajstić information content (AvgIpc) is 2.28. The molecule has 0 aromatic rings. The highest BCUT2D eigenvalue weighted by Crippen LogP contribution is 2.07. The molecule has 1 N–H and O–H groups in total. The van der Waals surface area contributed by atoms with E-state index in [1.807, 2.05) is 4.90 Å². The van der Waals surface area contributed by atoms with Gasteiger partial charge in [-0.2, -0.15) is 0 Å². The van der Waals surface area contributed by atoms with Crippen LogP contribution in [0.3, 0.4) is 0 Å². The molecular weight excluding hydrogens is 222 g/mol.